The van der Waals surface area contributed by atoms with Crippen LogP contribution in [0, 0.1) is 0 Å². The molecule has 6 heteroatoms. The molecule has 0 aliphatic heterocycles. The number of hydrogen-bond donors (Lipinski definition) is 2. The number of anilines is 2. The number of hydrogen-bond acceptors (Lipinski definition) is 5. The summed E-state index contributed by atoms with van der Waals surface area (Å²) in [6.07, 6.45) is 0. The SMILES string of the molecule is COC(C)(C)CNc1nc(N)cc(Br)n1. The van der Waals surface area contributed by atoms with Crippen LogP contribution in [0.25, 0.3) is 0 Å². The van der Waals surface area contributed by atoms with Gasteiger partial charge in [0.05, 0.1) is 5.60 Å². The Morgan fingerprint density at radius 2 is 2.20 bits per heavy atom. The highest BCUT2D eigenvalue weighted by molar-refractivity contribution is 9.10. The van der Waals surface area contributed by atoms with Gasteiger partial charge >= 0.3 is 0 Å². The Labute approximate surface area is 97.6 Å². The summed E-state index contributed by atoms with van der Waals surface area (Å²) in [4.78, 5) is 8.17. The van der Waals surface area contributed by atoms with Gasteiger partial charge in [0.15, 0.2) is 0 Å². The number of halogens is 1. The molecule has 1 heterocycles. The second-order valence-corrected chi connectivity index (χ2v) is 4.57. The fourth-order valence-electron chi connectivity index (χ4n) is 0.878. The van der Waals surface area contributed by atoms with Crippen LogP contribution >= 0.6 is 15.9 Å². The number of nitrogens with zero attached hydrogens (tertiary/aromatic N) is 2. The van der Waals surface area contributed by atoms with E-state index in [9.17, 15) is 0 Å². The fraction of sp³-hybridized carbons (Fsp3) is 0.556. The number of nitrogen functional groups attached to an aromatic ring is 1. The molecule has 0 atom stereocenters. The van der Waals surface area contributed by atoms with E-state index in [0.29, 0.717) is 22.9 Å². The van der Waals surface area contributed by atoms with Gasteiger partial charge in [0.1, 0.15) is 10.4 Å². The molecule has 84 valence electrons. The van der Waals surface area contributed by atoms with Crippen LogP contribution in [0.1, 0.15) is 13.8 Å². The second kappa shape index (κ2) is 4.76. The largest absolute Gasteiger partial charge is 0.383 e. The number of ether oxygens (including phenoxy) is 1. The summed E-state index contributed by atoms with van der Waals surface area (Å²) >= 11 is 3.25. The van der Waals surface area contributed by atoms with Gasteiger partial charge in [0.25, 0.3) is 0 Å². The van der Waals surface area contributed by atoms with Gasteiger partial charge in [-0.15, -0.1) is 0 Å². The minimum atomic E-state index is -0.263. The van der Waals surface area contributed by atoms with Gasteiger partial charge in [-0.05, 0) is 29.8 Å². The highest BCUT2D eigenvalue weighted by Crippen LogP contribution is 2.14. The molecule has 0 bridgehead atoms. The van der Waals surface area contributed by atoms with Crippen LogP contribution in [0.3, 0.4) is 0 Å². The number of aromatic nitrogens is 2. The first-order valence-corrected chi connectivity index (χ1v) is 5.31. The normalized spacial score (nSPS) is 11.5. The number of nitrogens with two attached hydrogens (primary N) is 1. The van der Waals surface area contributed by atoms with Crippen molar-refractivity contribution in [1.29, 1.82) is 0 Å². The molecule has 0 saturated heterocycles. The molecule has 3 N–H and O–H groups in total. The number of rotatable bonds is 4. The molecule has 0 aromatic carbocycles. The van der Waals surface area contributed by atoms with E-state index in [4.69, 9.17) is 10.5 Å². The van der Waals surface area contributed by atoms with Crippen LogP contribution in [0.5, 0.6) is 0 Å². The third-order valence-electron chi connectivity index (χ3n) is 1.94. The van der Waals surface area contributed by atoms with Crippen molar-refractivity contribution >= 4 is 27.7 Å². The van der Waals surface area contributed by atoms with E-state index in [-0.39, 0.29) is 5.60 Å². The van der Waals surface area contributed by atoms with E-state index in [1.807, 2.05) is 13.8 Å². The Morgan fingerprint density at radius 1 is 1.53 bits per heavy atom. The Morgan fingerprint density at radius 3 is 2.73 bits per heavy atom. The number of nitrogens with one attached hydrogen (secondary N) is 1. The lowest BCUT2D eigenvalue weighted by Gasteiger charge is -2.23. The fourth-order valence-corrected chi connectivity index (χ4v) is 1.28. The first kappa shape index (κ1) is 12.2. The Hall–Kier alpha value is -0.880. The van der Waals surface area contributed by atoms with Gasteiger partial charge in [0.2, 0.25) is 5.95 Å². The van der Waals surface area contributed by atoms with Crippen molar-refractivity contribution in [3.8, 4) is 0 Å². The maximum atomic E-state index is 5.58. The van der Waals surface area contributed by atoms with Crippen LogP contribution < -0.4 is 11.1 Å². The van der Waals surface area contributed by atoms with Crippen LogP contribution in [0.4, 0.5) is 11.8 Å². The molecule has 0 aliphatic carbocycles. The van der Waals surface area contributed by atoms with Crippen molar-refractivity contribution in [2.24, 2.45) is 0 Å². The molecule has 0 unspecified atom stereocenters. The quantitative estimate of drug-likeness (QED) is 0.817. The Kier molecular flexibility index (Phi) is 3.87. The molecule has 0 aliphatic rings. The predicted molar refractivity (Wildman–Crippen MR) is 63.7 cm³/mol. The highest BCUT2D eigenvalue weighted by Gasteiger charge is 2.16. The van der Waals surface area contributed by atoms with Crippen LogP contribution in [0.2, 0.25) is 0 Å². The maximum absolute atomic E-state index is 5.58. The molecule has 1 aromatic rings. The van der Waals surface area contributed by atoms with E-state index in [1.165, 1.54) is 0 Å². The molecular formula is C9H15BrN4O. The van der Waals surface area contributed by atoms with Gasteiger partial charge in [-0.2, -0.15) is 4.98 Å². The average molecular weight is 275 g/mol. The van der Waals surface area contributed by atoms with Crippen LogP contribution in [-0.2, 0) is 4.74 Å². The Bertz CT molecular complexity index is 323. The zero-order chi connectivity index (χ0) is 11.5. The topological polar surface area (TPSA) is 73.1 Å². The summed E-state index contributed by atoms with van der Waals surface area (Å²) < 4.78 is 5.92. The molecule has 0 saturated carbocycles. The Balaban J connectivity index is 2.65. The van der Waals surface area contributed by atoms with Gasteiger partial charge < -0.3 is 15.8 Å². The van der Waals surface area contributed by atoms with E-state index in [0.717, 1.165) is 0 Å². The molecule has 1 rings (SSSR count). The lowest BCUT2D eigenvalue weighted by Crippen LogP contribution is -2.32. The first-order valence-electron chi connectivity index (χ1n) is 4.52. The standard InChI is InChI=1S/C9H15BrN4O/c1-9(2,15-3)5-12-8-13-6(10)4-7(11)14-8/h4H,5H2,1-3H3,(H3,11,12,13,14). The summed E-state index contributed by atoms with van der Waals surface area (Å²) in [5.41, 5.74) is 5.32. The summed E-state index contributed by atoms with van der Waals surface area (Å²) in [5, 5.41) is 3.06. The zero-order valence-corrected chi connectivity index (χ0v) is 10.6. The molecule has 15 heavy (non-hydrogen) atoms. The summed E-state index contributed by atoms with van der Waals surface area (Å²) in [6, 6.07) is 1.65. The minimum absolute atomic E-state index is 0.263. The minimum Gasteiger partial charge on any atom is -0.383 e. The molecular weight excluding hydrogens is 260 g/mol. The molecule has 1 aromatic heterocycles. The maximum Gasteiger partial charge on any atom is 0.225 e. The van der Waals surface area contributed by atoms with Gasteiger partial charge in [-0.1, -0.05) is 0 Å². The molecule has 0 spiro atoms. The van der Waals surface area contributed by atoms with Crippen LogP contribution in [-0.4, -0.2) is 29.2 Å². The zero-order valence-electron chi connectivity index (χ0n) is 9.04. The molecule has 0 fully saturated rings. The predicted octanol–water partition coefficient (Wildman–Crippen LogP) is 1.66. The van der Waals surface area contributed by atoms with Crippen molar-refractivity contribution in [2.75, 3.05) is 24.7 Å². The van der Waals surface area contributed by atoms with Gasteiger partial charge in [-0.25, -0.2) is 4.98 Å². The highest BCUT2D eigenvalue weighted by atomic mass is 79.9. The van der Waals surface area contributed by atoms with Gasteiger partial charge in [-0.3, -0.25) is 0 Å². The van der Waals surface area contributed by atoms with Crippen molar-refractivity contribution in [3.63, 3.8) is 0 Å². The van der Waals surface area contributed by atoms with Crippen molar-refractivity contribution < 1.29 is 4.74 Å². The van der Waals surface area contributed by atoms with Crippen molar-refractivity contribution in [3.05, 3.63) is 10.7 Å². The summed E-state index contributed by atoms with van der Waals surface area (Å²) in [6.45, 7) is 4.56. The third-order valence-corrected chi connectivity index (χ3v) is 2.35. The molecule has 5 nitrogen and oxygen atoms in total. The van der Waals surface area contributed by atoms with E-state index in [1.54, 1.807) is 13.2 Å². The van der Waals surface area contributed by atoms with Gasteiger partial charge in [0, 0.05) is 19.7 Å². The number of methoxy groups -OCH3 is 1. The first-order chi connectivity index (χ1) is 6.93. The monoisotopic (exact) mass is 274 g/mol. The average Bonchev–Trinajstić information content (AvgIpc) is 2.14. The lowest BCUT2D eigenvalue weighted by molar-refractivity contribution is 0.0342. The third kappa shape index (κ3) is 4.01. The van der Waals surface area contributed by atoms with E-state index in [2.05, 4.69) is 31.2 Å². The molecule has 0 radical (unpaired) electrons. The second-order valence-electron chi connectivity index (χ2n) is 3.76. The van der Waals surface area contributed by atoms with Crippen molar-refractivity contribution in [1.82, 2.24) is 9.97 Å². The summed E-state index contributed by atoms with van der Waals surface area (Å²) in [5.74, 6) is 0.918. The summed E-state index contributed by atoms with van der Waals surface area (Å²) in [7, 11) is 1.66. The van der Waals surface area contributed by atoms with E-state index >= 15 is 0 Å². The smallest absolute Gasteiger partial charge is 0.225 e. The lowest BCUT2D eigenvalue weighted by atomic mass is 10.1. The van der Waals surface area contributed by atoms with E-state index < -0.39 is 0 Å². The van der Waals surface area contributed by atoms with Crippen molar-refractivity contribution in [2.45, 2.75) is 19.4 Å². The van der Waals surface area contributed by atoms with Crippen LogP contribution in [0.15, 0.2) is 10.7 Å². The molecule has 0 amide bonds.